The van der Waals surface area contributed by atoms with Crippen molar-refractivity contribution >= 4 is 23.2 Å². The molecule has 0 spiro atoms. The second kappa shape index (κ2) is 7.11. The third-order valence-electron chi connectivity index (χ3n) is 4.39. The number of hydrogen-bond donors (Lipinski definition) is 1. The molecule has 2 aromatic carbocycles. The molecule has 2 aromatic rings. The van der Waals surface area contributed by atoms with E-state index in [1.54, 1.807) is 29.2 Å². The molecule has 26 heavy (non-hydrogen) atoms. The third-order valence-corrected chi connectivity index (χ3v) is 4.39. The highest BCUT2D eigenvalue weighted by molar-refractivity contribution is 6.05. The molecule has 1 aliphatic rings. The number of nitrogens with one attached hydrogen (secondary N) is 1. The first kappa shape index (κ1) is 17.8. The summed E-state index contributed by atoms with van der Waals surface area (Å²) in [5.41, 5.74) is 0.851. The van der Waals surface area contributed by atoms with Gasteiger partial charge in [-0.1, -0.05) is 0 Å². The molecule has 0 bridgehead atoms. The molecule has 2 amide bonds. The van der Waals surface area contributed by atoms with E-state index >= 15 is 0 Å². The summed E-state index contributed by atoms with van der Waals surface area (Å²) in [5.74, 6) is -3.20. The minimum atomic E-state index is -1.06. The van der Waals surface area contributed by atoms with Crippen molar-refractivity contribution in [2.75, 3.05) is 17.3 Å². The summed E-state index contributed by atoms with van der Waals surface area (Å²) in [6, 6.07) is 8.85. The van der Waals surface area contributed by atoms with Gasteiger partial charge in [-0.05, 0) is 49.7 Å². The maximum atomic E-state index is 14.2. The van der Waals surface area contributed by atoms with Gasteiger partial charge in [0.1, 0.15) is 0 Å². The van der Waals surface area contributed by atoms with E-state index in [2.05, 4.69) is 10.1 Å². The van der Waals surface area contributed by atoms with E-state index in [-0.39, 0.29) is 17.5 Å². The van der Waals surface area contributed by atoms with Gasteiger partial charge in [0, 0.05) is 23.8 Å². The zero-order valence-electron chi connectivity index (χ0n) is 14.4. The summed E-state index contributed by atoms with van der Waals surface area (Å²) in [6.07, 6.45) is 1.33. The van der Waals surface area contributed by atoms with Crippen LogP contribution in [-0.2, 0) is 4.79 Å². The van der Waals surface area contributed by atoms with Gasteiger partial charge in [-0.15, -0.1) is 0 Å². The molecule has 0 radical (unpaired) electrons. The second-order valence-electron chi connectivity index (χ2n) is 6.09. The molecule has 3 rings (SSSR count). The molecule has 0 aliphatic carbocycles. The number of rotatable bonds is 4. The first-order valence-corrected chi connectivity index (χ1v) is 8.18. The Morgan fingerprint density at radius 1 is 1.19 bits per heavy atom. The third kappa shape index (κ3) is 3.24. The molecular weight excluding hydrogens is 342 g/mol. The number of benzene rings is 2. The Kier molecular flexibility index (Phi) is 4.88. The Morgan fingerprint density at radius 2 is 1.88 bits per heavy atom. The number of nitrogens with zero attached hydrogens (tertiary/aromatic N) is 1. The first-order chi connectivity index (χ1) is 12.4. The number of anilines is 2. The van der Waals surface area contributed by atoms with E-state index in [1.807, 2.05) is 6.92 Å². The van der Waals surface area contributed by atoms with Crippen molar-refractivity contribution < 1.29 is 23.1 Å². The van der Waals surface area contributed by atoms with Crippen molar-refractivity contribution in [2.24, 2.45) is 0 Å². The lowest BCUT2D eigenvalue weighted by molar-refractivity contribution is -0.117. The van der Waals surface area contributed by atoms with Crippen LogP contribution in [0.1, 0.15) is 30.1 Å². The van der Waals surface area contributed by atoms with E-state index in [4.69, 9.17) is 0 Å². The normalized spacial score (nSPS) is 16.7. The smallest absolute Gasteiger partial charge is 0.258 e. The van der Waals surface area contributed by atoms with Crippen LogP contribution in [-0.4, -0.2) is 25.0 Å². The van der Waals surface area contributed by atoms with Gasteiger partial charge in [-0.3, -0.25) is 9.59 Å². The Balaban J connectivity index is 1.77. The van der Waals surface area contributed by atoms with Gasteiger partial charge >= 0.3 is 0 Å². The lowest BCUT2D eigenvalue weighted by Gasteiger charge is -2.22. The number of amides is 2. The summed E-state index contributed by atoms with van der Waals surface area (Å²) >= 11 is 0. The largest absolute Gasteiger partial charge is 0.491 e. The van der Waals surface area contributed by atoms with Gasteiger partial charge in [0.25, 0.3) is 5.91 Å². The minimum Gasteiger partial charge on any atom is -0.491 e. The van der Waals surface area contributed by atoms with Crippen molar-refractivity contribution in [3.05, 3.63) is 53.6 Å². The molecular formula is C19H18F2N2O3. The van der Waals surface area contributed by atoms with Gasteiger partial charge in [0.05, 0.1) is 12.7 Å². The summed E-state index contributed by atoms with van der Waals surface area (Å²) < 4.78 is 32.3. The number of halogens is 2. The quantitative estimate of drug-likeness (QED) is 0.904. The molecule has 1 fully saturated rings. The van der Waals surface area contributed by atoms with E-state index in [0.29, 0.717) is 12.1 Å². The first-order valence-electron chi connectivity index (χ1n) is 8.18. The van der Waals surface area contributed by atoms with Crippen LogP contribution in [0.3, 0.4) is 0 Å². The Bertz CT molecular complexity index is 853. The van der Waals surface area contributed by atoms with Crippen LogP contribution in [0.2, 0.25) is 0 Å². The van der Waals surface area contributed by atoms with E-state index < -0.39 is 23.3 Å². The van der Waals surface area contributed by atoms with Crippen molar-refractivity contribution in [2.45, 2.75) is 25.8 Å². The number of hydrogen-bond acceptors (Lipinski definition) is 3. The van der Waals surface area contributed by atoms with Crippen molar-refractivity contribution in [1.29, 1.82) is 0 Å². The zero-order chi connectivity index (χ0) is 18.8. The average molecular weight is 360 g/mol. The van der Waals surface area contributed by atoms with Crippen molar-refractivity contribution in [3.63, 3.8) is 0 Å². The molecule has 1 aliphatic heterocycles. The second-order valence-corrected chi connectivity index (χ2v) is 6.09. The van der Waals surface area contributed by atoms with Gasteiger partial charge in [-0.25, -0.2) is 8.78 Å². The van der Waals surface area contributed by atoms with Crippen LogP contribution < -0.4 is 15.0 Å². The zero-order valence-corrected chi connectivity index (χ0v) is 14.4. The van der Waals surface area contributed by atoms with Gasteiger partial charge in [0.2, 0.25) is 5.91 Å². The van der Waals surface area contributed by atoms with Gasteiger partial charge in [0.15, 0.2) is 17.4 Å². The van der Waals surface area contributed by atoms with Gasteiger partial charge in [-0.2, -0.15) is 0 Å². The molecule has 1 heterocycles. The number of methoxy groups -OCH3 is 1. The summed E-state index contributed by atoms with van der Waals surface area (Å²) in [5, 5.41) is 2.55. The lowest BCUT2D eigenvalue weighted by Crippen LogP contribution is -2.30. The molecule has 0 aromatic heterocycles. The molecule has 7 heteroatoms. The monoisotopic (exact) mass is 360 g/mol. The number of carbonyl (C=O) groups excluding carboxylic acids is 2. The van der Waals surface area contributed by atoms with E-state index in [1.165, 1.54) is 0 Å². The fraction of sp³-hybridized carbons (Fsp3) is 0.263. The molecule has 1 unspecified atom stereocenters. The molecule has 1 atom stereocenters. The SMILES string of the molecule is COc1c(F)ccc(C(=O)Nc2ccc(N3C(=O)CCC3C)cc2)c1F. The number of carbonyl (C=O) groups is 2. The van der Waals surface area contributed by atoms with Gasteiger partial charge < -0.3 is 15.0 Å². The van der Waals surface area contributed by atoms with E-state index in [9.17, 15) is 18.4 Å². The fourth-order valence-corrected chi connectivity index (χ4v) is 3.02. The molecule has 0 saturated carbocycles. The predicted molar refractivity (Wildman–Crippen MR) is 93.5 cm³/mol. The molecule has 5 nitrogen and oxygen atoms in total. The topological polar surface area (TPSA) is 58.6 Å². The maximum absolute atomic E-state index is 14.2. The number of ether oxygens (including phenoxy) is 1. The van der Waals surface area contributed by atoms with Crippen LogP contribution in [0.25, 0.3) is 0 Å². The van der Waals surface area contributed by atoms with Crippen LogP contribution in [0.5, 0.6) is 5.75 Å². The summed E-state index contributed by atoms with van der Waals surface area (Å²) in [4.78, 5) is 25.9. The van der Waals surface area contributed by atoms with E-state index in [0.717, 1.165) is 31.4 Å². The molecule has 1 saturated heterocycles. The Labute approximate surface area is 149 Å². The maximum Gasteiger partial charge on any atom is 0.258 e. The van der Waals surface area contributed by atoms with Crippen molar-refractivity contribution in [1.82, 2.24) is 0 Å². The summed E-state index contributed by atoms with van der Waals surface area (Å²) in [6.45, 7) is 1.98. The highest BCUT2D eigenvalue weighted by Gasteiger charge is 2.28. The highest BCUT2D eigenvalue weighted by atomic mass is 19.1. The Morgan fingerprint density at radius 3 is 2.46 bits per heavy atom. The average Bonchev–Trinajstić information content (AvgIpc) is 2.95. The predicted octanol–water partition coefficient (Wildman–Crippen LogP) is 3.74. The Hall–Kier alpha value is -2.96. The van der Waals surface area contributed by atoms with Crippen LogP contribution in [0.4, 0.5) is 20.2 Å². The molecule has 136 valence electrons. The van der Waals surface area contributed by atoms with Crippen molar-refractivity contribution in [3.8, 4) is 5.75 Å². The fourth-order valence-electron chi connectivity index (χ4n) is 3.02. The summed E-state index contributed by atoms with van der Waals surface area (Å²) in [7, 11) is 1.13. The standard InChI is InChI=1S/C19H18F2N2O3/c1-11-3-10-16(24)23(11)13-6-4-12(5-7-13)22-19(25)14-8-9-15(20)18(26-2)17(14)21/h4-9,11H,3,10H2,1-2H3,(H,22,25). The van der Waals surface area contributed by atoms with Crippen LogP contribution in [0.15, 0.2) is 36.4 Å². The minimum absolute atomic E-state index is 0.0646. The molecule has 1 N–H and O–H groups in total. The van der Waals surface area contributed by atoms with Crippen LogP contribution >= 0.6 is 0 Å². The highest BCUT2D eigenvalue weighted by Crippen LogP contribution is 2.28. The lowest BCUT2D eigenvalue weighted by atomic mass is 10.1. The van der Waals surface area contributed by atoms with Crippen LogP contribution in [0, 0.1) is 11.6 Å².